The molecule has 0 bridgehead atoms. The zero-order valence-electron chi connectivity index (χ0n) is 26.1. The van der Waals surface area contributed by atoms with Gasteiger partial charge < -0.3 is 24.1 Å². The molecule has 2 aliphatic heterocycles. The van der Waals surface area contributed by atoms with Crippen molar-refractivity contribution >= 4 is 10.0 Å². The van der Waals surface area contributed by atoms with E-state index in [2.05, 4.69) is 21.8 Å². The Morgan fingerprint density at radius 2 is 1.50 bits per heavy atom. The van der Waals surface area contributed by atoms with E-state index < -0.39 is 16.3 Å². The number of methoxy groups -OCH3 is 2. The van der Waals surface area contributed by atoms with Crippen LogP contribution in [0.15, 0.2) is 95.9 Å². The molecule has 0 aliphatic carbocycles. The molecule has 242 valence electrons. The van der Waals surface area contributed by atoms with E-state index in [-0.39, 0.29) is 30.3 Å². The van der Waals surface area contributed by atoms with Gasteiger partial charge in [0, 0.05) is 38.2 Å². The van der Waals surface area contributed by atoms with Crippen LogP contribution in [0, 0.1) is 0 Å². The lowest BCUT2D eigenvalue weighted by atomic mass is 9.97. The lowest BCUT2D eigenvalue weighted by Crippen LogP contribution is -2.41. The van der Waals surface area contributed by atoms with Crippen LogP contribution in [0.3, 0.4) is 0 Å². The van der Waals surface area contributed by atoms with Gasteiger partial charge in [-0.3, -0.25) is 4.90 Å². The van der Waals surface area contributed by atoms with Crippen molar-refractivity contribution in [3.05, 3.63) is 124 Å². The summed E-state index contributed by atoms with van der Waals surface area (Å²) in [4.78, 5) is 2.64. The fourth-order valence-electron chi connectivity index (χ4n) is 6.07. The molecule has 0 spiro atoms. The molecule has 0 radical (unpaired) electrons. The molecule has 2 N–H and O–H groups in total. The Labute approximate surface area is 270 Å². The second-order valence-electron chi connectivity index (χ2n) is 11.7. The number of rotatable bonds is 11. The lowest BCUT2D eigenvalue weighted by molar-refractivity contribution is -0.253. The number of aliphatic hydroxyl groups excluding tert-OH is 1. The van der Waals surface area contributed by atoms with Gasteiger partial charge in [-0.25, -0.2) is 13.1 Å². The van der Waals surface area contributed by atoms with Crippen molar-refractivity contribution < 1.29 is 32.5 Å². The molecule has 1 saturated heterocycles. The van der Waals surface area contributed by atoms with Crippen LogP contribution >= 0.6 is 0 Å². The molecule has 3 unspecified atom stereocenters. The summed E-state index contributed by atoms with van der Waals surface area (Å²) in [7, 11) is -0.296. The monoisotopic (exact) mass is 644 g/mol. The maximum atomic E-state index is 12.7. The van der Waals surface area contributed by atoms with Gasteiger partial charge in [0.15, 0.2) is 17.8 Å². The minimum absolute atomic E-state index is 0.0128. The van der Waals surface area contributed by atoms with Crippen LogP contribution in [0.1, 0.15) is 52.2 Å². The largest absolute Gasteiger partial charge is 0.493 e. The molecule has 9 nitrogen and oxygen atoms in total. The van der Waals surface area contributed by atoms with Gasteiger partial charge >= 0.3 is 0 Å². The molecule has 3 atom stereocenters. The average molecular weight is 645 g/mol. The molecule has 10 heteroatoms. The Bertz CT molecular complexity index is 1710. The van der Waals surface area contributed by atoms with E-state index >= 15 is 0 Å². The number of fused-ring (bicyclic) bond motifs is 1. The minimum atomic E-state index is -3.61. The normalized spacial score (nSPS) is 20.2. The molecule has 2 aliphatic rings. The van der Waals surface area contributed by atoms with Crippen LogP contribution in [-0.4, -0.2) is 51.8 Å². The van der Waals surface area contributed by atoms with Crippen molar-refractivity contribution in [3.8, 4) is 11.5 Å². The molecule has 46 heavy (non-hydrogen) atoms. The van der Waals surface area contributed by atoms with Crippen molar-refractivity contribution in [3.63, 3.8) is 0 Å². The van der Waals surface area contributed by atoms with Crippen LogP contribution in [0.4, 0.5) is 0 Å². The van der Waals surface area contributed by atoms with E-state index in [0.717, 1.165) is 59.8 Å². The Hall–Kier alpha value is -3.77. The second-order valence-corrected chi connectivity index (χ2v) is 13.5. The first-order chi connectivity index (χ1) is 22.3. The fraction of sp³-hybridized carbons (Fsp3) is 0.333. The van der Waals surface area contributed by atoms with E-state index in [9.17, 15) is 13.5 Å². The van der Waals surface area contributed by atoms with Crippen LogP contribution in [0.2, 0.25) is 0 Å². The van der Waals surface area contributed by atoms with Crippen LogP contribution < -0.4 is 14.2 Å². The zero-order valence-corrected chi connectivity index (χ0v) is 26.9. The lowest BCUT2D eigenvalue weighted by Gasteiger charge is -2.39. The van der Waals surface area contributed by atoms with Crippen LogP contribution in [0.25, 0.3) is 0 Å². The highest BCUT2D eigenvalue weighted by Crippen LogP contribution is 2.39. The molecular formula is C36H40N2O7S. The molecule has 4 aromatic carbocycles. The highest BCUT2D eigenvalue weighted by atomic mass is 32.2. The number of ether oxygens (including phenoxy) is 4. The maximum Gasteiger partial charge on any atom is 0.240 e. The number of nitrogens with zero attached hydrogens (tertiary/aromatic N) is 1. The molecule has 4 aromatic rings. The summed E-state index contributed by atoms with van der Waals surface area (Å²) in [6.07, 6.45) is 0.696. The predicted molar refractivity (Wildman–Crippen MR) is 174 cm³/mol. The molecule has 2 heterocycles. The van der Waals surface area contributed by atoms with E-state index in [4.69, 9.17) is 18.9 Å². The van der Waals surface area contributed by atoms with Crippen molar-refractivity contribution in [1.29, 1.82) is 0 Å². The Balaban J connectivity index is 1.17. The van der Waals surface area contributed by atoms with Gasteiger partial charge in [0.25, 0.3) is 0 Å². The van der Waals surface area contributed by atoms with Crippen LogP contribution in [0.5, 0.6) is 11.5 Å². The number of hydrogen-bond donors (Lipinski definition) is 2. The predicted octanol–water partition coefficient (Wildman–Crippen LogP) is 5.28. The highest BCUT2D eigenvalue weighted by Gasteiger charge is 2.34. The maximum absolute atomic E-state index is 12.7. The quantitative estimate of drug-likeness (QED) is 0.227. The van der Waals surface area contributed by atoms with E-state index in [1.165, 1.54) is 11.1 Å². The number of sulfonamides is 1. The van der Waals surface area contributed by atoms with Gasteiger partial charge in [0.1, 0.15) is 0 Å². The van der Waals surface area contributed by atoms with E-state index in [1.54, 1.807) is 44.6 Å². The van der Waals surface area contributed by atoms with Gasteiger partial charge in [-0.05, 0) is 58.5 Å². The molecule has 0 aromatic heterocycles. The van der Waals surface area contributed by atoms with Crippen molar-refractivity contribution in [2.75, 3.05) is 27.3 Å². The Morgan fingerprint density at radius 3 is 2.17 bits per heavy atom. The summed E-state index contributed by atoms with van der Waals surface area (Å²) < 4.78 is 52.2. The van der Waals surface area contributed by atoms with Crippen molar-refractivity contribution in [2.24, 2.45) is 0 Å². The Morgan fingerprint density at radius 1 is 0.848 bits per heavy atom. The summed E-state index contributed by atoms with van der Waals surface area (Å²) >= 11 is 0. The number of aliphatic hydroxyl groups is 1. The van der Waals surface area contributed by atoms with Crippen LogP contribution in [-0.2, 0) is 45.6 Å². The third-order valence-electron chi connectivity index (χ3n) is 8.65. The summed E-state index contributed by atoms with van der Waals surface area (Å²) in [5, 5.41) is 9.54. The fourth-order valence-corrected chi connectivity index (χ4v) is 7.11. The second kappa shape index (κ2) is 14.3. The van der Waals surface area contributed by atoms with Crippen molar-refractivity contribution in [2.45, 2.75) is 55.9 Å². The minimum Gasteiger partial charge on any atom is -0.493 e. The van der Waals surface area contributed by atoms with Crippen molar-refractivity contribution in [1.82, 2.24) is 9.62 Å². The topological polar surface area (TPSA) is 107 Å². The molecule has 0 saturated carbocycles. The highest BCUT2D eigenvalue weighted by molar-refractivity contribution is 7.89. The van der Waals surface area contributed by atoms with Gasteiger partial charge in [-0.1, -0.05) is 66.7 Å². The summed E-state index contributed by atoms with van der Waals surface area (Å²) in [5.41, 5.74) is 6.06. The third-order valence-corrected chi connectivity index (χ3v) is 10.1. The molecular weight excluding hydrogens is 604 g/mol. The summed E-state index contributed by atoms with van der Waals surface area (Å²) in [5.74, 6) is 1.48. The van der Waals surface area contributed by atoms with Gasteiger partial charge in [-0.15, -0.1) is 0 Å². The van der Waals surface area contributed by atoms with E-state index in [0.29, 0.717) is 6.42 Å². The third kappa shape index (κ3) is 7.44. The summed E-state index contributed by atoms with van der Waals surface area (Å²) in [6, 6.07) is 28.0. The standard InChI is InChI=1S/C36H40N2O7S/c1-42-34-18-29-16-17-38(22-30(29)19-35(34)43-2)23-31-20-33(27-12-10-26(24-39)11-13-27)45-36(44-31)28-14-8-25(9-15-28)21-37-46(40,41)32-6-4-3-5-7-32/h3-15,18-19,31,33,36-37,39H,16-17,20-24H2,1-2H3. The summed E-state index contributed by atoms with van der Waals surface area (Å²) in [6.45, 7) is 2.57. The van der Waals surface area contributed by atoms with Gasteiger partial charge in [0.05, 0.1) is 37.9 Å². The zero-order chi connectivity index (χ0) is 32.1. The SMILES string of the molecule is COc1cc2c(cc1OC)CN(CC1CC(c3ccc(CO)cc3)OC(c3ccc(CNS(=O)(=O)c4ccccc4)cc3)O1)CC2. The number of hydrogen-bond acceptors (Lipinski definition) is 8. The first-order valence-corrected chi connectivity index (χ1v) is 16.9. The molecule has 0 amide bonds. The first kappa shape index (κ1) is 32.2. The van der Waals surface area contributed by atoms with E-state index in [1.807, 2.05) is 48.5 Å². The molecule has 1 fully saturated rings. The number of nitrogens with one attached hydrogen (secondary N) is 1. The molecule has 6 rings (SSSR count). The average Bonchev–Trinajstić information content (AvgIpc) is 3.10. The first-order valence-electron chi connectivity index (χ1n) is 15.5. The smallest absolute Gasteiger partial charge is 0.240 e. The number of benzene rings is 4. The Kier molecular flexibility index (Phi) is 10.0. The van der Waals surface area contributed by atoms with Gasteiger partial charge in [-0.2, -0.15) is 0 Å². The van der Waals surface area contributed by atoms with Gasteiger partial charge in [0.2, 0.25) is 10.0 Å².